The molecular formula is C52H36Si. The van der Waals surface area contributed by atoms with Crippen LogP contribution in [0, 0.1) is 0 Å². The van der Waals surface area contributed by atoms with E-state index < -0.39 is 8.07 Å². The van der Waals surface area contributed by atoms with Crippen molar-refractivity contribution >= 4 is 72.3 Å². The predicted octanol–water partition coefficient (Wildman–Crippen LogP) is 13.3. The molecule has 1 heteroatoms. The van der Waals surface area contributed by atoms with Gasteiger partial charge in [0.1, 0.15) is 8.07 Å². The molecule has 0 aliphatic carbocycles. The minimum Gasteiger partial charge on any atom is -0.0616 e. The summed E-state index contributed by atoms with van der Waals surface area (Å²) in [5.41, 5.74) is 10.6. The van der Waals surface area contributed by atoms with Crippen molar-refractivity contribution in [3.8, 4) is 44.5 Å². The van der Waals surface area contributed by atoms with E-state index in [1.165, 1.54) is 109 Å². The molecule has 0 nitrogen and oxygen atoms in total. The molecule has 53 heavy (non-hydrogen) atoms. The van der Waals surface area contributed by atoms with Crippen molar-refractivity contribution in [1.82, 2.24) is 0 Å². The van der Waals surface area contributed by atoms with Crippen molar-refractivity contribution in [3.63, 3.8) is 0 Å². The lowest BCUT2D eigenvalue weighted by Crippen LogP contribution is -2.49. The number of fused-ring (bicyclic) bond motifs is 8. The third-order valence-corrected chi connectivity index (χ3v) is 15.5. The zero-order valence-corrected chi connectivity index (χ0v) is 30.8. The minimum absolute atomic E-state index is 1.26. The second-order valence-corrected chi connectivity index (χ2v) is 19.6. The Hall–Kier alpha value is -6.28. The van der Waals surface area contributed by atoms with Gasteiger partial charge in [0.05, 0.1) is 0 Å². The zero-order valence-electron chi connectivity index (χ0n) is 29.8. The Labute approximate surface area is 310 Å². The van der Waals surface area contributed by atoms with Gasteiger partial charge in [0.2, 0.25) is 0 Å². The number of hydrogen-bond donors (Lipinski definition) is 0. The van der Waals surface area contributed by atoms with Gasteiger partial charge in [-0.2, -0.15) is 0 Å². The van der Waals surface area contributed by atoms with Crippen LogP contribution in [-0.4, -0.2) is 8.07 Å². The first-order chi connectivity index (χ1) is 26.0. The van der Waals surface area contributed by atoms with Gasteiger partial charge in [0.25, 0.3) is 0 Å². The predicted molar refractivity (Wildman–Crippen MR) is 232 cm³/mol. The lowest BCUT2D eigenvalue weighted by Gasteiger charge is -2.23. The maximum Gasteiger partial charge on any atom is 0.113 e. The van der Waals surface area contributed by atoms with Gasteiger partial charge in [0.15, 0.2) is 0 Å². The van der Waals surface area contributed by atoms with Gasteiger partial charge in [-0.3, -0.25) is 0 Å². The average Bonchev–Trinajstić information content (AvgIpc) is 3.43. The second-order valence-electron chi connectivity index (χ2n) is 15.3. The van der Waals surface area contributed by atoms with Crippen LogP contribution in [0.15, 0.2) is 182 Å². The van der Waals surface area contributed by atoms with Crippen LogP contribution in [0.25, 0.3) is 98.4 Å². The highest BCUT2D eigenvalue weighted by atomic mass is 28.3. The summed E-state index contributed by atoms with van der Waals surface area (Å²) >= 11 is 0. The van der Waals surface area contributed by atoms with Gasteiger partial charge in [-0.25, -0.2) is 0 Å². The SMILES string of the molecule is C[Si]1(C)c2cc(-c3cccc4ccccc34)ccc2-c2cc3c(-c4ccc5ccccc5c4)c4ccccc4c(-c4ccc5ccccc5c4)c3cc21. The van der Waals surface area contributed by atoms with Crippen LogP contribution in [-0.2, 0) is 0 Å². The highest BCUT2D eigenvalue weighted by molar-refractivity contribution is 7.04. The Bertz CT molecular complexity index is 3140. The zero-order chi connectivity index (χ0) is 35.3. The van der Waals surface area contributed by atoms with E-state index in [4.69, 9.17) is 0 Å². The Morgan fingerprint density at radius 1 is 0.283 bits per heavy atom. The summed E-state index contributed by atoms with van der Waals surface area (Å²) in [7, 11) is -2.10. The second kappa shape index (κ2) is 11.4. The molecule has 0 atom stereocenters. The van der Waals surface area contributed by atoms with Crippen molar-refractivity contribution in [1.29, 1.82) is 0 Å². The molecule has 0 fully saturated rings. The molecule has 1 heterocycles. The Kier molecular flexibility index (Phi) is 6.50. The van der Waals surface area contributed by atoms with E-state index in [-0.39, 0.29) is 0 Å². The molecule has 0 bridgehead atoms. The lowest BCUT2D eigenvalue weighted by molar-refractivity contribution is 1.66. The van der Waals surface area contributed by atoms with E-state index in [2.05, 4.69) is 195 Å². The lowest BCUT2D eigenvalue weighted by atomic mass is 9.84. The van der Waals surface area contributed by atoms with Crippen molar-refractivity contribution in [3.05, 3.63) is 182 Å². The van der Waals surface area contributed by atoms with E-state index in [9.17, 15) is 0 Å². The fourth-order valence-corrected chi connectivity index (χ4v) is 12.4. The fraction of sp³-hybridized carbons (Fsp3) is 0.0385. The first-order valence-corrected chi connectivity index (χ1v) is 21.7. The van der Waals surface area contributed by atoms with Gasteiger partial charge in [-0.1, -0.05) is 177 Å². The van der Waals surface area contributed by atoms with Crippen LogP contribution >= 0.6 is 0 Å². The van der Waals surface area contributed by atoms with Crippen LogP contribution in [0.2, 0.25) is 13.1 Å². The molecule has 1 aliphatic rings. The summed E-state index contributed by atoms with van der Waals surface area (Å²) in [5, 5.41) is 16.0. The molecule has 0 N–H and O–H groups in total. The quantitative estimate of drug-likeness (QED) is 0.128. The van der Waals surface area contributed by atoms with Gasteiger partial charge >= 0.3 is 0 Å². The maximum atomic E-state index is 2.61. The molecule has 10 aromatic carbocycles. The molecule has 0 saturated carbocycles. The molecule has 1 aliphatic heterocycles. The highest BCUT2D eigenvalue weighted by Crippen LogP contribution is 2.46. The van der Waals surface area contributed by atoms with Crippen LogP contribution < -0.4 is 10.4 Å². The van der Waals surface area contributed by atoms with Crippen LogP contribution in [0.5, 0.6) is 0 Å². The fourth-order valence-electron chi connectivity index (χ4n) is 9.36. The van der Waals surface area contributed by atoms with Gasteiger partial charge < -0.3 is 0 Å². The molecular weight excluding hydrogens is 653 g/mol. The summed E-state index contributed by atoms with van der Waals surface area (Å²) < 4.78 is 0. The summed E-state index contributed by atoms with van der Waals surface area (Å²) in [6.07, 6.45) is 0. The normalized spacial score (nSPS) is 13.2. The molecule has 0 amide bonds. The van der Waals surface area contributed by atoms with Gasteiger partial charge in [-0.05, 0) is 127 Å². The average molecular weight is 689 g/mol. The molecule has 10 aromatic rings. The van der Waals surface area contributed by atoms with E-state index in [0.717, 1.165) is 0 Å². The van der Waals surface area contributed by atoms with E-state index >= 15 is 0 Å². The largest absolute Gasteiger partial charge is 0.113 e. The maximum absolute atomic E-state index is 2.61. The Balaban J connectivity index is 1.23. The van der Waals surface area contributed by atoms with Crippen molar-refractivity contribution in [2.75, 3.05) is 0 Å². The molecule has 11 rings (SSSR count). The third kappa shape index (κ3) is 4.54. The van der Waals surface area contributed by atoms with Crippen molar-refractivity contribution < 1.29 is 0 Å². The minimum atomic E-state index is -2.10. The number of rotatable bonds is 3. The smallest absolute Gasteiger partial charge is 0.0616 e. The summed E-state index contributed by atoms with van der Waals surface area (Å²) in [4.78, 5) is 0. The molecule has 0 spiro atoms. The number of hydrogen-bond acceptors (Lipinski definition) is 0. The molecule has 0 unspecified atom stereocenters. The first-order valence-electron chi connectivity index (χ1n) is 18.7. The highest BCUT2D eigenvalue weighted by Gasteiger charge is 2.38. The van der Waals surface area contributed by atoms with Crippen LogP contribution in [0.1, 0.15) is 0 Å². The van der Waals surface area contributed by atoms with Gasteiger partial charge in [0, 0.05) is 0 Å². The van der Waals surface area contributed by atoms with Crippen molar-refractivity contribution in [2.24, 2.45) is 0 Å². The topological polar surface area (TPSA) is 0 Å². The molecule has 0 radical (unpaired) electrons. The molecule has 248 valence electrons. The Morgan fingerprint density at radius 3 is 1.42 bits per heavy atom. The van der Waals surface area contributed by atoms with E-state index in [1.807, 2.05) is 0 Å². The molecule has 0 saturated heterocycles. The van der Waals surface area contributed by atoms with Gasteiger partial charge in [-0.15, -0.1) is 0 Å². The van der Waals surface area contributed by atoms with Crippen LogP contribution in [0.3, 0.4) is 0 Å². The monoisotopic (exact) mass is 688 g/mol. The first kappa shape index (κ1) is 30.4. The van der Waals surface area contributed by atoms with E-state index in [1.54, 1.807) is 0 Å². The standard InChI is InChI=1S/C52H36Si/c1-53(2)49-30-38(42-21-11-17-35-14-7-8-18-41(35)42)26-27-43(49)46-31-47-48(32-50(46)53)52(40-25-23-34-13-4-6-16-37(34)29-40)45-20-10-9-19-44(45)51(47)39-24-22-33-12-3-5-15-36(33)28-39/h3-32H,1-2H3. The van der Waals surface area contributed by atoms with E-state index in [0.29, 0.717) is 0 Å². The third-order valence-electron chi connectivity index (χ3n) is 12.0. The summed E-state index contributed by atoms with van der Waals surface area (Å²) in [5.74, 6) is 0. The summed E-state index contributed by atoms with van der Waals surface area (Å²) in [6.45, 7) is 5.11. The Morgan fingerprint density at radius 2 is 0.774 bits per heavy atom. The molecule has 0 aromatic heterocycles. The van der Waals surface area contributed by atoms with Crippen LogP contribution in [0.4, 0.5) is 0 Å². The van der Waals surface area contributed by atoms with Crippen molar-refractivity contribution in [2.45, 2.75) is 13.1 Å². The number of benzene rings is 10. The summed E-state index contributed by atoms with van der Waals surface area (Å²) in [6, 6.07) is 68.5.